The molecule has 2 amide bonds. The second-order valence-electron chi connectivity index (χ2n) is 10.7. The topological polar surface area (TPSA) is 95.5 Å². The summed E-state index contributed by atoms with van der Waals surface area (Å²) in [5, 5.41) is 17.1. The van der Waals surface area contributed by atoms with E-state index in [2.05, 4.69) is 10.6 Å². The molecular weight excluding hydrogens is 483 g/mol. The standard InChI is InChI=1S/C31H33FN2O4/c1-17-9-11-23(19(3)13-17)33-29(36)27-25(35)16-31(5,38)28(26(27)21-7-6-8-22(32)15-21)30(37)34-24-12-10-18(2)14-20(24)4/h6-15,26-28,38H,16H2,1-5H3,(H,33,36)(H,34,37). The molecule has 0 spiro atoms. The Kier molecular flexibility index (Phi) is 7.51. The summed E-state index contributed by atoms with van der Waals surface area (Å²) >= 11 is 0. The van der Waals surface area contributed by atoms with Crippen molar-refractivity contribution in [3.63, 3.8) is 0 Å². The van der Waals surface area contributed by atoms with Crippen LogP contribution in [0.5, 0.6) is 0 Å². The lowest BCUT2D eigenvalue weighted by Gasteiger charge is -2.44. The van der Waals surface area contributed by atoms with E-state index in [1.807, 2.05) is 52.0 Å². The molecule has 0 heterocycles. The number of carbonyl (C=O) groups excluding carboxylic acids is 3. The van der Waals surface area contributed by atoms with E-state index in [0.29, 0.717) is 16.9 Å². The Hall–Kier alpha value is -3.84. The highest BCUT2D eigenvalue weighted by Crippen LogP contribution is 2.47. The van der Waals surface area contributed by atoms with Crippen LogP contribution in [0.3, 0.4) is 0 Å². The van der Waals surface area contributed by atoms with Crippen LogP contribution in [0.25, 0.3) is 0 Å². The van der Waals surface area contributed by atoms with E-state index in [4.69, 9.17) is 0 Å². The smallest absolute Gasteiger partial charge is 0.235 e. The minimum Gasteiger partial charge on any atom is -0.389 e. The fraction of sp³-hybridized carbons (Fsp3) is 0.323. The number of carbonyl (C=O) groups is 3. The summed E-state index contributed by atoms with van der Waals surface area (Å²) in [6.45, 7) is 9.00. The average Bonchev–Trinajstić information content (AvgIpc) is 2.81. The Morgan fingerprint density at radius 3 is 1.95 bits per heavy atom. The van der Waals surface area contributed by atoms with Crippen molar-refractivity contribution in [1.82, 2.24) is 0 Å². The van der Waals surface area contributed by atoms with Gasteiger partial charge in [0.05, 0.1) is 11.5 Å². The molecule has 1 aliphatic rings. The number of amides is 2. The van der Waals surface area contributed by atoms with Crippen LogP contribution in [0.15, 0.2) is 60.7 Å². The molecule has 0 aromatic heterocycles. The molecule has 4 rings (SSSR count). The van der Waals surface area contributed by atoms with Crippen LogP contribution in [0, 0.1) is 45.3 Å². The third-order valence-corrected chi connectivity index (χ3v) is 7.35. The van der Waals surface area contributed by atoms with Gasteiger partial charge < -0.3 is 15.7 Å². The molecule has 3 N–H and O–H groups in total. The Morgan fingerprint density at radius 2 is 1.42 bits per heavy atom. The van der Waals surface area contributed by atoms with Crippen molar-refractivity contribution in [3.8, 4) is 0 Å². The minimum absolute atomic E-state index is 0.292. The van der Waals surface area contributed by atoms with Crippen molar-refractivity contribution < 1.29 is 23.9 Å². The van der Waals surface area contributed by atoms with Crippen LogP contribution in [-0.4, -0.2) is 28.3 Å². The lowest BCUT2D eigenvalue weighted by molar-refractivity contribution is -0.150. The maximum absolute atomic E-state index is 14.4. The van der Waals surface area contributed by atoms with Crippen molar-refractivity contribution in [2.75, 3.05) is 10.6 Å². The number of hydrogen-bond donors (Lipinski definition) is 3. The van der Waals surface area contributed by atoms with Crippen molar-refractivity contribution in [1.29, 1.82) is 0 Å². The highest BCUT2D eigenvalue weighted by atomic mass is 19.1. The van der Waals surface area contributed by atoms with E-state index in [-0.39, 0.29) is 0 Å². The molecule has 3 aromatic carbocycles. The van der Waals surface area contributed by atoms with Gasteiger partial charge >= 0.3 is 0 Å². The molecule has 3 aromatic rings. The molecule has 0 aliphatic heterocycles. The average molecular weight is 517 g/mol. The predicted molar refractivity (Wildman–Crippen MR) is 145 cm³/mol. The lowest BCUT2D eigenvalue weighted by Crippen LogP contribution is -2.56. The number of halogens is 1. The highest BCUT2D eigenvalue weighted by molar-refractivity contribution is 6.10. The summed E-state index contributed by atoms with van der Waals surface area (Å²) in [6.07, 6.45) is -0.394. The normalized spacial score (nSPS) is 23.1. The van der Waals surface area contributed by atoms with E-state index in [0.717, 1.165) is 22.3 Å². The SMILES string of the molecule is Cc1ccc(NC(=O)C2C(=O)CC(C)(O)C(C(=O)Nc3ccc(C)cc3C)C2c2cccc(F)c2)c(C)c1. The van der Waals surface area contributed by atoms with Gasteiger partial charge in [-0.2, -0.15) is 0 Å². The maximum atomic E-state index is 14.4. The molecule has 4 unspecified atom stereocenters. The number of Topliss-reactive ketones (excluding diaryl/α,β-unsaturated/α-hetero) is 1. The summed E-state index contributed by atoms with van der Waals surface area (Å²) in [5.41, 5.74) is 3.31. The largest absolute Gasteiger partial charge is 0.389 e. The Bertz CT molecular complexity index is 1410. The van der Waals surface area contributed by atoms with E-state index in [1.165, 1.54) is 25.1 Å². The van der Waals surface area contributed by atoms with Gasteiger partial charge in [0.25, 0.3) is 0 Å². The first-order valence-corrected chi connectivity index (χ1v) is 12.6. The first kappa shape index (κ1) is 27.2. The Balaban J connectivity index is 1.78. The molecule has 0 radical (unpaired) electrons. The fourth-order valence-electron chi connectivity index (χ4n) is 5.53. The van der Waals surface area contributed by atoms with E-state index >= 15 is 0 Å². The van der Waals surface area contributed by atoms with Gasteiger partial charge in [0.15, 0.2) is 0 Å². The number of benzene rings is 3. The molecule has 6 nitrogen and oxygen atoms in total. The van der Waals surface area contributed by atoms with Crippen LogP contribution in [0.1, 0.15) is 47.1 Å². The van der Waals surface area contributed by atoms with Gasteiger partial charge in [-0.15, -0.1) is 0 Å². The molecule has 0 bridgehead atoms. The first-order chi connectivity index (χ1) is 17.9. The fourth-order valence-corrected chi connectivity index (χ4v) is 5.53. The summed E-state index contributed by atoms with van der Waals surface area (Å²) in [6, 6.07) is 16.6. The van der Waals surface area contributed by atoms with Gasteiger partial charge in [-0.25, -0.2) is 4.39 Å². The third-order valence-electron chi connectivity index (χ3n) is 7.35. The van der Waals surface area contributed by atoms with E-state index < -0.39 is 53.2 Å². The summed E-state index contributed by atoms with van der Waals surface area (Å²) in [7, 11) is 0. The number of aryl methyl sites for hydroxylation is 4. The van der Waals surface area contributed by atoms with E-state index in [1.54, 1.807) is 18.2 Å². The van der Waals surface area contributed by atoms with Gasteiger partial charge in [-0.05, 0) is 75.6 Å². The molecule has 1 saturated carbocycles. The molecule has 198 valence electrons. The molecule has 7 heteroatoms. The van der Waals surface area contributed by atoms with Crippen LogP contribution in [0.2, 0.25) is 0 Å². The van der Waals surface area contributed by atoms with Crippen LogP contribution in [-0.2, 0) is 14.4 Å². The first-order valence-electron chi connectivity index (χ1n) is 12.6. The zero-order valence-electron chi connectivity index (χ0n) is 22.3. The molecule has 38 heavy (non-hydrogen) atoms. The minimum atomic E-state index is -1.77. The monoisotopic (exact) mass is 516 g/mol. The quantitative estimate of drug-likeness (QED) is 0.397. The molecule has 1 aliphatic carbocycles. The van der Waals surface area contributed by atoms with Crippen molar-refractivity contribution >= 4 is 29.0 Å². The Morgan fingerprint density at radius 1 is 0.868 bits per heavy atom. The number of aliphatic hydroxyl groups is 1. The number of rotatable bonds is 5. The van der Waals surface area contributed by atoms with Gasteiger partial charge in [0, 0.05) is 23.7 Å². The van der Waals surface area contributed by atoms with Crippen molar-refractivity contribution in [2.45, 2.75) is 52.6 Å². The molecular formula is C31H33FN2O4. The third kappa shape index (κ3) is 5.53. The second kappa shape index (κ2) is 10.5. The summed E-state index contributed by atoms with van der Waals surface area (Å²) in [5.74, 6) is -5.85. The number of nitrogens with one attached hydrogen (secondary N) is 2. The van der Waals surface area contributed by atoms with Crippen LogP contribution in [0.4, 0.5) is 15.8 Å². The summed E-state index contributed by atoms with van der Waals surface area (Å²) < 4.78 is 14.4. The number of hydrogen-bond acceptors (Lipinski definition) is 4. The zero-order chi connectivity index (χ0) is 27.8. The predicted octanol–water partition coefficient (Wildman–Crippen LogP) is 5.38. The summed E-state index contributed by atoms with van der Waals surface area (Å²) in [4.78, 5) is 40.9. The number of ketones is 1. The molecule has 4 atom stereocenters. The van der Waals surface area contributed by atoms with Gasteiger partial charge in [-0.1, -0.05) is 47.5 Å². The van der Waals surface area contributed by atoms with Crippen LogP contribution < -0.4 is 10.6 Å². The van der Waals surface area contributed by atoms with Gasteiger partial charge in [0.1, 0.15) is 17.5 Å². The Labute approximate surface area is 222 Å². The maximum Gasteiger partial charge on any atom is 0.235 e. The van der Waals surface area contributed by atoms with E-state index in [9.17, 15) is 23.9 Å². The molecule has 1 fully saturated rings. The van der Waals surface area contributed by atoms with Gasteiger partial charge in [-0.3, -0.25) is 14.4 Å². The van der Waals surface area contributed by atoms with Crippen molar-refractivity contribution in [2.24, 2.45) is 11.8 Å². The second-order valence-corrected chi connectivity index (χ2v) is 10.7. The van der Waals surface area contributed by atoms with Crippen molar-refractivity contribution in [3.05, 3.63) is 94.3 Å². The lowest BCUT2D eigenvalue weighted by atomic mass is 9.61. The molecule has 0 saturated heterocycles. The van der Waals surface area contributed by atoms with Gasteiger partial charge in [0.2, 0.25) is 11.8 Å². The number of anilines is 2. The highest BCUT2D eigenvalue weighted by Gasteiger charge is 2.56. The van der Waals surface area contributed by atoms with Crippen LogP contribution >= 0.6 is 0 Å². The zero-order valence-corrected chi connectivity index (χ0v) is 22.3.